The summed E-state index contributed by atoms with van der Waals surface area (Å²) in [6.07, 6.45) is 2.32. The van der Waals surface area contributed by atoms with Gasteiger partial charge in [0.15, 0.2) is 16.3 Å². The van der Waals surface area contributed by atoms with Crippen molar-refractivity contribution in [1.29, 1.82) is 0 Å². The number of carbonyl (C=O) groups excluding carboxylic acids is 1. The molecule has 1 aromatic carbocycles. The summed E-state index contributed by atoms with van der Waals surface area (Å²) in [6.45, 7) is 2.58. The summed E-state index contributed by atoms with van der Waals surface area (Å²) >= 11 is 1.31. The number of aryl methyl sites for hydroxylation is 1. The van der Waals surface area contributed by atoms with E-state index in [1.807, 2.05) is 29.6 Å². The summed E-state index contributed by atoms with van der Waals surface area (Å²) in [5.74, 6) is 0.444. The van der Waals surface area contributed by atoms with Gasteiger partial charge in [-0.2, -0.15) is 0 Å². The van der Waals surface area contributed by atoms with Crippen LogP contribution in [-0.2, 0) is 25.4 Å². The van der Waals surface area contributed by atoms with E-state index in [1.54, 1.807) is 0 Å². The van der Waals surface area contributed by atoms with Gasteiger partial charge in [-0.15, -0.1) is 11.3 Å². The van der Waals surface area contributed by atoms with Crippen LogP contribution in [0, 0.1) is 0 Å². The van der Waals surface area contributed by atoms with E-state index in [9.17, 15) is 14.4 Å². The van der Waals surface area contributed by atoms with Gasteiger partial charge in [-0.05, 0) is 30.7 Å². The molecule has 0 atom stereocenters. The van der Waals surface area contributed by atoms with Crippen LogP contribution in [0.1, 0.15) is 13.3 Å². The van der Waals surface area contributed by atoms with Crippen LogP contribution in [-0.4, -0.2) is 36.2 Å². The molecule has 0 saturated heterocycles. The quantitative estimate of drug-likeness (QED) is 0.457. The minimum atomic E-state index is -0.503. The maximum Gasteiger partial charge on any atom is 0.332 e. The summed E-state index contributed by atoms with van der Waals surface area (Å²) in [4.78, 5) is 45.7. The lowest BCUT2D eigenvalue weighted by molar-refractivity contribution is -0.116. The molecule has 32 heavy (non-hydrogen) atoms. The highest BCUT2D eigenvalue weighted by Gasteiger charge is 2.16. The minimum absolute atomic E-state index is 0.137. The van der Waals surface area contributed by atoms with Crippen LogP contribution in [0.25, 0.3) is 22.4 Å². The Morgan fingerprint density at radius 2 is 1.91 bits per heavy atom. The first-order valence-electron chi connectivity index (χ1n) is 9.98. The van der Waals surface area contributed by atoms with Crippen LogP contribution in [0.5, 0.6) is 5.75 Å². The van der Waals surface area contributed by atoms with Gasteiger partial charge in [0, 0.05) is 25.0 Å². The van der Waals surface area contributed by atoms with Gasteiger partial charge in [0.05, 0.1) is 18.6 Å². The highest BCUT2D eigenvalue weighted by atomic mass is 32.1. The average molecular weight is 455 g/mol. The van der Waals surface area contributed by atoms with Crippen molar-refractivity contribution < 1.29 is 9.53 Å². The molecule has 0 aliphatic rings. The Balaban J connectivity index is 1.49. The molecule has 3 aromatic heterocycles. The predicted octanol–water partition coefficient (Wildman–Crippen LogP) is 1.98. The first-order valence-corrected chi connectivity index (χ1v) is 10.9. The lowest BCUT2D eigenvalue weighted by Crippen LogP contribution is -2.37. The number of ether oxygens (including phenoxy) is 1. The lowest BCUT2D eigenvalue weighted by atomic mass is 10.2. The molecule has 4 rings (SSSR count). The molecule has 0 unspecified atom stereocenters. The highest BCUT2D eigenvalue weighted by molar-refractivity contribution is 7.14. The summed E-state index contributed by atoms with van der Waals surface area (Å²) in [5, 5.41) is 5.05. The lowest BCUT2D eigenvalue weighted by Gasteiger charge is -2.06. The van der Waals surface area contributed by atoms with Crippen molar-refractivity contribution in [3.8, 4) is 17.0 Å². The number of hydrogen-bond donors (Lipinski definition) is 1. The van der Waals surface area contributed by atoms with Crippen molar-refractivity contribution in [3.63, 3.8) is 0 Å². The smallest absolute Gasteiger partial charge is 0.332 e. The average Bonchev–Trinajstić information content (AvgIpc) is 3.42. The summed E-state index contributed by atoms with van der Waals surface area (Å²) in [6, 6.07) is 7.62. The number of nitrogens with one attached hydrogen (secondary N) is 1. The van der Waals surface area contributed by atoms with Gasteiger partial charge >= 0.3 is 5.69 Å². The number of rotatable bonds is 7. The van der Waals surface area contributed by atoms with Crippen molar-refractivity contribution in [1.82, 2.24) is 23.7 Å². The Kier molecular flexibility index (Phi) is 5.91. The molecule has 0 spiro atoms. The molecule has 10 nitrogen and oxygen atoms in total. The standard InChI is InChI=1S/C21H22N6O4S/c1-4-9-31-14-7-5-13(6-8-14)15-11-32-20(23-15)24-16(28)10-27-12-22-18-17(27)19(29)26(3)21(30)25(18)2/h5-8,11-12H,4,9-10H2,1-3H3,(H,23,24,28). The molecule has 0 fully saturated rings. The maximum atomic E-state index is 12.6. The number of benzene rings is 1. The second kappa shape index (κ2) is 8.79. The predicted molar refractivity (Wildman–Crippen MR) is 122 cm³/mol. The molecule has 0 saturated carbocycles. The normalized spacial score (nSPS) is 11.1. The summed E-state index contributed by atoms with van der Waals surface area (Å²) in [5.41, 5.74) is 1.09. The minimum Gasteiger partial charge on any atom is -0.494 e. The largest absolute Gasteiger partial charge is 0.494 e. The third-order valence-electron chi connectivity index (χ3n) is 4.90. The van der Waals surface area contributed by atoms with Crippen LogP contribution in [0.15, 0.2) is 45.6 Å². The van der Waals surface area contributed by atoms with Crippen molar-refractivity contribution in [2.24, 2.45) is 14.1 Å². The Morgan fingerprint density at radius 1 is 1.16 bits per heavy atom. The second-order valence-electron chi connectivity index (χ2n) is 7.21. The number of carbonyl (C=O) groups is 1. The SMILES string of the molecule is CCCOc1ccc(-c2csc(NC(=O)Cn3cnc4c3c(=O)n(C)c(=O)n4C)n2)cc1. The van der Waals surface area contributed by atoms with Crippen LogP contribution in [0.3, 0.4) is 0 Å². The van der Waals surface area contributed by atoms with Crippen molar-refractivity contribution >= 4 is 33.5 Å². The monoisotopic (exact) mass is 454 g/mol. The zero-order valence-electron chi connectivity index (χ0n) is 17.9. The molecule has 1 N–H and O–H groups in total. The van der Waals surface area contributed by atoms with Gasteiger partial charge < -0.3 is 14.6 Å². The third kappa shape index (κ3) is 4.06. The van der Waals surface area contributed by atoms with Crippen molar-refractivity contribution in [2.75, 3.05) is 11.9 Å². The number of fused-ring (bicyclic) bond motifs is 1. The highest BCUT2D eigenvalue weighted by Crippen LogP contribution is 2.26. The van der Waals surface area contributed by atoms with Crippen LogP contribution in [0.4, 0.5) is 5.13 Å². The Labute approximate surface area is 186 Å². The maximum absolute atomic E-state index is 12.6. The Bertz CT molecular complexity index is 1400. The van der Waals surface area contributed by atoms with Crippen LogP contribution >= 0.6 is 11.3 Å². The number of amides is 1. The van der Waals surface area contributed by atoms with Crippen LogP contribution in [0.2, 0.25) is 0 Å². The zero-order chi connectivity index (χ0) is 22.8. The van der Waals surface area contributed by atoms with Gasteiger partial charge in [-0.25, -0.2) is 14.8 Å². The molecule has 4 aromatic rings. The molecule has 1 amide bonds. The number of hydrogen-bond acceptors (Lipinski definition) is 7. The van der Waals surface area contributed by atoms with E-state index in [0.29, 0.717) is 11.7 Å². The van der Waals surface area contributed by atoms with Gasteiger partial charge in [0.1, 0.15) is 12.3 Å². The fourth-order valence-electron chi connectivity index (χ4n) is 3.24. The van der Waals surface area contributed by atoms with Gasteiger partial charge in [0.25, 0.3) is 5.56 Å². The van der Waals surface area contributed by atoms with Gasteiger partial charge in [-0.1, -0.05) is 6.92 Å². The number of anilines is 1. The molecule has 3 heterocycles. The second-order valence-corrected chi connectivity index (χ2v) is 8.07. The number of imidazole rings is 1. The van der Waals surface area contributed by atoms with Gasteiger partial charge in [0.2, 0.25) is 5.91 Å². The molecule has 0 aliphatic carbocycles. The van der Waals surface area contributed by atoms with E-state index < -0.39 is 11.2 Å². The van der Waals surface area contributed by atoms with Crippen molar-refractivity contribution in [2.45, 2.75) is 19.9 Å². The number of nitrogens with zero attached hydrogens (tertiary/aromatic N) is 5. The fraction of sp³-hybridized carbons (Fsp3) is 0.286. The summed E-state index contributed by atoms with van der Waals surface area (Å²) in [7, 11) is 2.92. The molecular weight excluding hydrogens is 432 g/mol. The fourth-order valence-corrected chi connectivity index (χ4v) is 3.97. The van der Waals surface area contributed by atoms with E-state index in [-0.39, 0.29) is 23.6 Å². The van der Waals surface area contributed by atoms with E-state index in [1.165, 1.54) is 40.9 Å². The molecule has 166 valence electrons. The van der Waals surface area contributed by atoms with Gasteiger partial charge in [-0.3, -0.25) is 18.7 Å². The Morgan fingerprint density at radius 3 is 2.62 bits per heavy atom. The number of thiazole rings is 1. The molecule has 0 bridgehead atoms. The Hall–Kier alpha value is -3.73. The van der Waals surface area contributed by atoms with Crippen molar-refractivity contribution in [3.05, 3.63) is 56.8 Å². The first kappa shape index (κ1) is 21.5. The third-order valence-corrected chi connectivity index (χ3v) is 5.66. The summed E-state index contributed by atoms with van der Waals surface area (Å²) < 4.78 is 9.28. The van der Waals surface area contributed by atoms with E-state index in [2.05, 4.69) is 22.2 Å². The first-order chi connectivity index (χ1) is 15.4. The molecular formula is C21H22N6O4S. The van der Waals surface area contributed by atoms with E-state index >= 15 is 0 Å². The van der Waals surface area contributed by atoms with E-state index in [0.717, 1.165) is 28.0 Å². The topological polar surface area (TPSA) is 113 Å². The molecule has 0 aliphatic heterocycles. The number of aromatic nitrogens is 5. The molecule has 11 heteroatoms. The van der Waals surface area contributed by atoms with E-state index in [4.69, 9.17) is 4.74 Å². The zero-order valence-corrected chi connectivity index (χ0v) is 18.7. The molecule has 0 radical (unpaired) electrons. The van der Waals surface area contributed by atoms with Crippen LogP contribution < -0.4 is 21.3 Å².